The van der Waals surface area contributed by atoms with Gasteiger partial charge in [0.2, 0.25) is 11.8 Å². The number of anilines is 1. The third-order valence-corrected chi connectivity index (χ3v) is 8.98. The molecular formula is C28H39ClN4O3S. The van der Waals surface area contributed by atoms with Gasteiger partial charge in [-0.3, -0.25) is 9.59 Å². The van der Waals surface area contributed by atoms with Gasteiger partial charge in [0.1, 0.15) is 6.04 Å². The summed E-state index contributed by atoms with van der Waals surface area (Å²) in [5.41, 5.74) is -0.0831. The standard InChI is InChI=1S/C28H39ClN4O3S/c1-18(2)24(32-26-31-22(16-37-26)15-23(34)30-21-7-5-6-8-21)25(35)33-14-13-28(36,27(3,4)17-33)19-9-11-20(29)12-10-19/h9-12,16,18,21,24,36H,5-8,13-15,17H2,1-4H3,(H,30,34)(H,31,32). The lowest BCUT2D eigenvalue weighted by atomic mass is 9.66. The molecule has 37 heavy (non-hydrogen) atoms. The molecule has 1 aromatic heterocycles. The van der Waals surface area contributed by atoms with E-state index in [0.717, 1.165) is 18.4 Å². The number of likely N-dealkylation sites (tertiary alicyclic amines) is 1. The fraction of sp³-hybridized carbons (Fsp3) is 0.607. The van der Waals surface area contributed by atoms with E-state index in [1.54, 1.807) is 12.1 Å². The van der Waals surface area contributed by atoms with Crippen molar-refractivity contribution in [2.75, 3.05) is 18.4 Å². The van der Waals surface area contributed by atoms with Crippen LogP contribution in [-0.4, -0.2) is 52.0 Å². The quantitative estimate of drug-likeness (QED) is 0.434. The van der Waals surface area contributed by atoms with Crippen molar-refractivity contribution in [3.05, 3.63) is 45.9 Å². The van der Waals surface area contributed by atoms with E-state index in [4.69, 9.17) is 11.6 Å². The summed E-state index contributed by atoms with van der Waals surface area (Å²) in [6, 6.07) is 7.16. The Morgan fingerprint density at radius 2 is 1.89 bits per heavy atom. The van der Waals surface area contributed by atoms with Crippen LogP contribution >= 0.6 is 22.9 Å². The SMILES string of the molecule is CC(C)C(Nc1nc(CC(=O)NC2CCCC2)cs1)C(=O)N1CCC(O)(c2ccc(Cl)cc2)C(C)(C)C1. The largest absolute Gasteiger partial charge is 0.384 e. The van der Waals surface area contributed by atoms with Gasteiger partial charge < -0.3 is 20.6 Å². The maximum absolute atomic E-state index is 13.7. The highest BCUT2D eigenvalue weighted by Gasteiger charge is 2.50. The zero-order chi connectivity index (χ0) is 26.8. The maximum atomic E-state index is 13.7. The number of hydrogen-bond acceptors (Lipinski definition) is 6. The number of thiazole rings is 1. The van der Waals surface area contributed by atoms with E-state index in [-0.39, 0.29) is 30.2 Å². The minimum atomic E-state index is -1.06. The van der Waals surface area contributed by atoms with Gasteiger partial charge >= 0.3 is 0 Å². The molecule has 2 unspecified atom stereocenters. The first-order valence-electron chi connectivity index (χ1n) is 13.3. The monoisotopic (exact) mass is 546 g/mol. The molecule has 1 aromatic carbocycles. The van der Waals surface area contributed by atoms with Gasteiger partial charge in [0.25, 0.3) is 0 Å². The molecule has 2 aliphatic rings. The van der Waals surface area contributed by atoms with Gasteiger partial charge in [0.05, 0.1) is 17.7 Å². The summed E-state index contributed by atoms with van der Waals surface area (Å²) in [6.45, 7) is 8.92. The second-order valence-electron chi connectivity index (χ2n) is 11.5. The van der Waals surface area contributed by atoms with E-state index in [9.17, 15) is 14.7 Å². The Morgan fingerprint density at radius 3 is 2.51 bits per heavy atom. The second-order valence-corrected chi connectivity index (χ2v) is 12.8. The fourth-order valence-electron chi connectivity index (χ4n) is 5.58. The molecule has 1 saturated heterocycles. The van der Waals surface area contributed by atoms with Gasteiger partial charge in [-0.05, 0) is 42.9 Å². The van der Waals surface area contributed by atoms with E-state index < -0.39 is 17.1 Å². The minimum absolute atomic E-state index is 0.00282. The highest BCUT2D eigenvalue weighted by molar-refractivity contribution is 7.13. The second kappa shape index (κ2) is 11.3. The molecule has 2 aromatic rings. The summed E-state index contributed by atoms with van der Waals surface area (Å²) in [5.74, 6) is 0.0339. The molecule has 1 aliphatic carbocycles. The number of hydrogen-bond donors (Lipinski definition) is 3. The topological polar surface area (TPSA) is 94.6 Å². The maximum Gasteiger partial charge on any atom is 0.245 e. The highest BCUT2D eigenvalue weighted by atomic mass is 35.5. The summed E-state index contributed by atoms with van der Waals surface area (Å²) in [4.78, 5) is 32.5. The summed E-state index contributed by atoms with van der Waals surface area (Å²) < 4.78 is 0. The molecule has 7 nitrogen and oxygen atoms in total. The molecule has 2 heterocycles. The van der Waals surface area contributed by atoms with Crippen molar-refractivity contribution >= 4 is 39.9 Å². The van der Waals surface area contributed by atoms with E-state index in [2.05, 4.69) is 15.6 Å². The van der Waals surface area contributed by atoms with Crippen LogP contribution < -0.4 is 10.6 Å². The Kier molecular flexibility index (Phi) is 8.51. The number of halogens is 1. The normalized spacial score (nSPS) is 22.7. The van der Waals surface area contributed by atoms with Gasteiger partial charge in [-0.1, -0.05) is 64.3 Å². The third kappa shape index (κ3) is 6.29. The summed E-state index contributed by atoms with van der Waals surface area (Å²) in [7, 11) is 0. The summed E-state index contributed by atoms with van der Waals surface area (Å²) in [5, 5.41) is 21.3. The number of piperidine rings is 1. The number of carbonyl (C=O) groups excluding carboxylic acids is 2. The lowest BCUT2D eigenvalue weighted by Gasteiger charge is -2.51. The van der Waals surface area contributed by atoms with Crippen LogP contribution in [0.15, 0.2) is 29.6 Å². The average Bonchev–Trinajstić information content (AvgIpc) is 3.51. The molecule has 0 radical (unpaired) electrons. The molecule has 9 heteroatoms. The van der Waals surface area contributed by atoms with Crippen LogP contribution in [0.1, 0.15) is 71.1 Å². The molecule has 2 atom stereocenters. The van der Waals surface area contributed by atoms with Crippen LogP contribution in [0.25, 0.3) is 0 Å². The van der Waals surface area contributed by atoms with Crippen molar-refractivity contribution in [2.45, 2.75) is 83.9 Å². The van der Waals surface area contributed by atoms with Crippen LogP contribution in [0.4, 0.5) is 5.13 Å². The number of nitrogens with zero attached hydrogens (tertiary/aromatic N) is 2. The lowest BCUT2D eigenvalue weighted by Crippen LogP contribution is -2.59. The van der Waals surface area contributed by atoms with Crippen LogP contribution in [0.2, 0.25) is 5.02 Å². The molecule has 3 N–H and O–H groups in total. The number of benzene rings is 1. The first-order chi connectivity index (χ1) is 17.5. The Hall–Kier alpha value is -2.16. The predicted octanol–water partition coefficient (Wildman–Crippen LogP) is 4.98. The molecule has 0 spiro atoms. The van der Waals surface area contributed by atoms with Gasteiger partial charge in [0.15, 0.2) is 5.13 Å². The molecule has 0 bridgehead atoms. The van der Waals surface area contributed by atoms with Crippen LogP contribution in [-0.2, 0) is 21.6 Å². The van der Waals surface area contributed by atoms with E-state index in [1.807, 2.05) is 50.1 Å². The van der Waals surface area contributed by atoms with Crippen molar-refractivity contribution in [3.63, 3.8) is 0 Å². The Labute approximate surface area is 229 Å². The zero-order valence-electron chi connectivity index (χ0n) is 22.2. The first kappa shape index (κ1) is 27.9. The average molecular weight is 547 g/mol. The molecule has 202 valence electrons. The molecule has 1 saturated carbocycles. The van der Waals surface area contributed by atoms with Crippen molar-refractivity contribution in [1.82, 2.24) is 15.2 Å². The van der Waals surface area contributed by atoms with Crippen molar-refractivity contribution in [2.24, 2.45) is 11.3 Å². The van der Waals surface area contributed by atoms with Crippen LogP contribution in [0, 0.1) is 11.3 Å². The molecule has 2 fully saturated rings. The molecule has 1 aliphatic heterocycles. The summed E-state index contributed by atoms with van der Waals surface area (Å²) >= 11 is 7.48. The van der Waals surface area contributed by atoms with E-state index in [0.29, 0.717) is 35.4 Å². The third-order valence-electron chi connectivity index (χ3n) is 7.91. The molecule has 2 amide bonds. The first-order valence-corrected chi connectivity index (χ1v) is 14.5. The highest BCUT2D eigenvalue weighted by Crippen LogP contribution is 2.46. The van der Waals surface area contributed by atoms with E-state index in [1.165, 1.54) is 24.2 Å². The molecule has 4 rings (SSSR count). The summed E-state index contributed by atoms with van der Waals surface area (Å²) in [6.07, 6.45) is 5.15. The number of aromatic nitrogens is 1. The van der Waals surface area contributed by atoms with Crippen LogP contribution in [0.5, 0.6) is 0 Å². The van der Waals surface area contributed by atoms with Gasteiger partial charge in [-0.25, -0.2) is 4.98 Å². The minimum Gasteiger partial charge on any atom is -0.384 e. The smallest absolute Gasteiger partial charge is 0.245 e. The number of carbonyl (C=O) groups is 2. The van der Waals surface area contributed by atoms with Crippen molar-refractivity contribution in [3.8, 4) is 0 Å². The van der Waals surface area contributed by atoms with Gasteiger partial charge in [-0.15, -0.1) is 11.3 Å². The van der Waals surface area contributed by atoms with E-state index >= 15 is 0 Å². The van der Waals surface area contributed by atoms with Crippen LogP contribution in [0.3, 0.4) is 0 Å². The van der Waals surface area contributed by atoms with Gasteiger partial charge in [0, 0.05) is 34.9 Å². The van der Waals surface area contributed by atoms with Crippen molar-refractivity contribution < 1.29 is 14.7 Å². The number of rotatable bonds is 8. The number of aliphatic hydroxyl groups is 1. The zero-order valence-corrected chi connectivity index (χ0v) is 23.8. The van der Waals surface area contributed by atoms with Crippen molar-refractivity contribution in [1.29, 1.82) is 0 Å². The number of amides is 2. The Balaban J connectivity index is 1.40. The van der Waals surface area contributed by atoms with Gasteiger partial charge in [-0.2, -0.15) is 0 Å². The molecular weight excluding hydrogens is 508 g/mol. The predicted molar refractivity (Wildman–Crippen MR) is 149 cm³/mol. The number of nitrogens with one attached hydrogen (secondary N) is 2. The fourth-order valence-corrected chi connectivity index (χ4v) is 6.46. The Bertz CT molecular complexity index is 1100. The Morgan fingerprint density at radius 1 is 1.22 bits per heavy atom. The lowest BCUT2D eigenvalue weighted by molar-refractivity contribution is -0.154.